The van der Waals surface area contributed by atoms with Crippen LogP contribution in [0, 0.1) is 11.7 Å². The van der Waals surface area contributed by atoms with E-state index in [0.29, 0.717) is 28.4 Å². The van der Waals surface area contributed by atoms with Crippen molar-refractivity contribution in [2.75, 3.05) is 10.6 Å². The number of anilines is 3. The van der Waals surface area contributed by atoms with Crippen molar-refractivity contribution < 1.29 is 9.18 Å². The van der Waals surface area contributed by atoms with E-state index in [-0.39, 0.29) is 23.7 Å². The van der Waals surface area contributed by atoms with Crippen LogP contribution in [0.4, 0.5) is 21.6 Å². The van der Waals surface area contributed by atoms with Crippen molar-refractivity contribution in [2.45, 2.75) is 25.7 Å². The molecule has 3 heterocycles. The highest BCUT2D eigenvalue weighted by Gasteiger charge is 2.26. The summed E-state index contributed by atoms with van der Waals surface area (Å²) in [6.45, 7) is 0. The van der Waals surface area contributed by atoms with Crippen molar-refractivity contribution in [1.29, 1.82) is 0 Å². The van der Waals surface area contributed by atoms with Crippen LogP contribution in [0.5, 0.6) is 0 Å². The number of H-pyrrole nitrogens is 1. The molecule has 2 aromatic carbocycles. The SMILES string of the molecule is Cn1cc(CC2CC2)c2[nH]c(-c3ccnc(NC(=O)Cc4ccc(F)cc4)c3)c(Nc3ccccc3)c2c1=O. The third-order valence-electron chi connectivity index (χ3n) is 7.05. The van der Waals surface area contributed by atoms with E-state index < -0.39 is 0 Å². The minimum absolute atomic E-state index is 0.0904. The molecule has 0 radical (unpaired) electrons. The number of halogens is 1. The molecule has 1 aliphatic carbocycles. The second kappa shape index (κ2) is 10.2. The third-order valence-corrected chi connectivity index (χ3v) is 7.05. The molecule has 1 amide bonds. The number of aromatic amines is 1. The van der Waals surface area contributed by atoms with E-state index in [1.807, 2.05) is 42.6 Å². The van der Waals surface area contributed by atoms with Crippen molar-refractivity contribution in [3.63, 3.8) is 0 Å². The molecule has 0 unspecified atom stereocenters. The van der Waals surface area contributed by atoms with Crippen LogP contribution in [0.2, 0.25) is 0 Å². The number of nitrogens with one attached hydrogen (secondary N) is 3. The predicted octanol–water partition coefficient (Wildman–Crippen LogP) is 5.95. The number of rotatable bonds is 8. The molecule has 7 nitrogen and oxygen atoms in total. The van der Waals surface area contributed by atoms with Gasteiger partial charge in [0, 0.05) is 30.7 Å². The quantitative estimate of drug-likeness (QED) is 0.236. The summed E-state index contributed by atoms with van der Waals surface area (Å²) in [4.78, 5) is 34.0. The lowest BCUT2D eigenvalue weighted by molar-refractivity contribution is -0.115. The number of hydrogen-bond acceptors (Lipinski definition) is 4. The molecule has 3 N–H and O–H groups in total. The lowest BCUT2D eigenvalue weighted by Gasteiger charge is -2.11. The van der Waals surface area contributed by atoms with Gasteiger partial charge in [-0.25, -0.2) is 9.37 Å². The minimum atomic E-state index is -0.345. The lowest BCUT2D eigenvalue weighted by atomic mass is 10.1. The van der Waals surface area contributed by atoms with E-state index in [2.05, 4.69) is 20.6 Å². The van der Waals surface area contributed by atoms with Crippen LogP contribution in [-0.2, 0) is 24.7 Å². The summed E-state index contributed by atoms with van der Waals surface area (Å²) in [5, 5.41) is 6.92. The van der Waals surface area contributed by atoms with Crippen molar-refractivity contribution in [3.8, 4) is 11.3 Å². The Morgan fingerprint density at radius 1 is 1.10 bits per heavy atom. The van der Waals surface area contributed by atoms with Gasteiger partial charge in [-0.2, -0.15) is 0 Å². The van der Waals surface area contributed by atoms with Crippen LogP contribution in [0.15, 0.2) is 83.9 Å². The third kappa shape index (κ3) is 5.31. The fourth-order valence-corrected chi connectivity index (χ4v) is 4.91. The number of carbonyl (C=O) groups excluding carboxylic acids is 1. The van der Waals surface area contributed by atoms with Crippen LogP contribution >= 0.6 is 0 Å². The minimum Gasteiger partial charge on any atom is -0.353 e. The number of amides is 1. The summed E-state index contributed by atoms with van der Waals surface area (Å²) in [5.41, 5.74) is 5.61. The molecule has 1 fully saturated rings. The number of pyridine rings is 2. The Balaban J connectivity index is 1.40. The maximum absolute atomic E-state index is 13.5. The predicted molar refractivity (Wildman–Crippen MR) is 152 cm³/mol. The van der Waals surface area contributed by atoms with Crippen LogP contribution in [0.1, 0.15) is 24.0 Å². The Hall–Kier alpha value is -4.72. The van der Waals surface area contributed by atoms with Crippen LogP contribution in [-0.4, -0.2) is 20.4 Å². The van der Waals surface area contributed by atoms with E-state index in [4.69, 9.17) is 0 Å². The number of carbonyl (C=O) groups is 1. The summed E-state index contributed by atoms with van der Waals surface area (Å²) in [5.74, 6) is 0.426. The highest BCUT2D eigenvalue weighted by Crippen LogP contribution is 2.39. The first-order chi connectivity index (χ1) is 18.9. The number of nitrogens with zero attached hydrogens (tertiary/aromatic N) is 2. The monoisotopic (exact) mass is 521 g/mol. The summed E-state index contributed by atoms with van der Waals surface area (Å²) < 4.78 is 14.9. The summed E-state index contributed by atoms with van der Waals surface area (Å²) in [7, 11) is 1.79. The smallest absolute Gasteiger partial charge is 0.261 e. The molecule has 1 saturated carbocycles. The largest absolute Gasteiger partial charge is 0.353 e. The first-order valence-electron chi connectivity index (χ1n) is 13.0. The fourth-order valence-electron chi connectivity index (χ4n) is 4.91. The van der Waals surface area contributed by atoms with E-state index in [0.717, 1.165) is 34.4 Å². The number of hydrogen-bond donors (Lipinski definition) is 3. The van der Waals surface area contributed by atoms with Crippen molar-refractivity contribution in [3.05, 3.63) is 106 Å². The van der Waals surface area contributed by atoms with E-state index in [1.54, 1.807) is 36.0 Å². The van der Waals surface area contributed by atoms with Gasteiger partial charge in [-0.05, 0) is 72.7 Å². The fraction of sp³-hybridized carbons (Fsp3) is 0.194. The van der Waals surface area contributed by atoms with Gasteiger partial charge < -0.3 is 20.2 Å². The normalized spacial score (nSPS) is 13.0. The molecule has 1 aliphatic rings. The zero-order chi connectivity index (χ0) is 26.9. The Morgan fingerprint density at radius 3 is 2.62 bits per heavy atom. The Labute approximate surface area is 224 Å². The van der Waals surface area contributed by atoms with Crippen molar-refractivity contribution in [1.82, 2.24) is 14.5 Å². The number of aromatic nitrogens is 3. The van der Waals surface area contributed by atoms with Gasteiger partial charge in [0.05, 0.1) is 28.7 Å². The van der Waals surface area contributed by atoms with Gasteiger partial charge in [0.1, 0.15) is 11.6 Å². The Bertz CT molecular complexity index is 1720. The van der Waals surface area contributed by atoms with Gasteiger partial charge in [0.2, 0.25) is 5.91 Å². The first-order valence-corrected chi connectivity index (χ1v) is 13.0. The van der Waals surface area contributed by atoms with Gasteiger partial charge in [-0.1, -0.05) is 30.3 Å². The lowest BCUT2D eigenvalue weighted by Crippen LogP contribution is -2.17. The van der Waals surface area contributed by atoms with Crippen LogP contribution in [0.3, 0.4) is 0 Å². The molecule has 8 heteroatoms. The average Bonchev–Trinajstić information content (AvgIpc) is 3.67. The highest BCUT2D eigenvalue weighted by molar-refractivity contribution is 6.04. The van der Waals surface area contributed by atoms with Gasteiger partial charge in [0.25, 0.3) is 5.56 Å². The number of fused-ring (bicyclic) bond motifs is 1. The maximum atomic E-state index is 13.5. The molecule has 0 atom stereocenters. The molecule has 0 aliphatic heterocycles. The second-order valence-electron chi connectivity index (χ2n) is 10.1. The summed E-state index contributed by atoms with van der Waals surface area (Å²) >= 11 is 0. The zero-order valence-corrected chi connectivity index (χ0v) is 21.5. The van der Waals surface area contributed by atoms with Gasteiger partial charge in [-0.15, -0.1) is 0 Å². The molecule has 39 heavy (non-hydrogen) atoms. The van der Waals surface area contributed by atoms with E-state index in [1.165, 1.54) is 25.0 Å². The molecule has 0 saturated heterocycles. The second-order valence-corrected chi connectivity index (χ2v) is 10.1. The average molecular weight is 522 g/mol. The van der Waals surface area contributed by atoms with Gasteiger partial charge in [-0.3, -0.25) is 9.59 Å². The van der Waals surface area contributed by atoms with Gasteiger partial charge >= 0.3 is 0 Å². The topological polar surface area (TPSA) is 91.8 Å². The van der Waals surface area contributed by atoms with Crippen molar-refractivity contribution >= 4 is 34.0 Å². The number of para-hydroxylation sites is 1. The molecule has 0 bridgehead atoms. The molecule has 196 valence electrons. The van der Waals surface area contributed by atoms with Crippen LogP contribution < -0.4 is 16.2 Å². The summed E-state index contributed by atoms with van der Waals surface area (Å²) in [6, 6.07) is 19.2. The number of aryl methyl sites for hydroxylation is 1. The van der Waals surface area contributed by atoms with Gasteiger partial charge in [0.15, 0.2) is 0 Å². The number of benzene rings is 2. The Kier molecular flexibility index (Phi) is 6.44. The highest BCUT2D eigenvalue weighted by atomic mass is 19.1. The van der Waals surface area contributed by atoms with E-state index >= 15 is 0 Å². The molecular weight excluding hydrogens is 493 g/mol. The summed E-state index contributed by atoms with van der Waals surface area (Å²) in [6.07, 6.45) is 6.99. The molecular formula is C31H28FN5O2. The maximum Gasteiger partial charge on any atom is 0.261 e. The standard InChI is InChI=1S/C31H28FN5O2/c1-37-18-22(15-19-7-8-19)28-27(31(37)39)30(34-24-5-3-2-4-6-24)29(36-28)21-13-14-33-25(17-21)35-26(38)16-20-9-11-23(32)12-10-20/h2-6,9-14,17-19,34,36H,7-8,15-16H2,1H3,(H,33,35,38). The van der Waals surface area contributed by atoms with Crippen LogP contribution in [0.25, 0.3) is 22.2 Å². The molecule has 5 aromatic rings. The Morgan fingerprint density at radius 2 is 1.87 bits per heavy atom. The molecule has 0 spiro atoms. The molecule has 3 aromatic heterocycles. The van der Waals surface area contributed by atoms with Crippen molar-refractivity contribution in [2.24, 2.45) is 13.0 Å². The first kappa shape index (κ1) is 24.6. The molecule has 6 rings (SSSR count). The van der Waals surface area contributed by atoms with E-state index in [9.17, 15) is 14.0 Å². The zero-order valence-electron chi connectivity index (χ0n) is 21.5.